The topological polar surface area (TPSA) is 75.3 Å². The maximum absolute atomic E-state index is 13.0. The lowest BCUT2D eigenvalue weighted by atomic mass is 10.0. The number of carbonyl (C=O) groups excluding carboxylic acids is 1. The molecule has 152 valence electrons. The first-order chi connectivity index (χ1) is 13.0. The van der Waals surface area contributed by atoms with Gasteiger partial charge in [-0.2, -0.15) is 0 Å². The van der Waals surface area contributed by atoms with Crippen molar-refractivity contribution in [3.05, 3.63) is 53.1 Å². The summed E-state index contributed by atoms with van der Waals surface area (Å²) in [6.07, 6.45) is 1.88. The third-order valence-corrected chi connectivity index (χ3v) is 6.83. The van der Waals surface area contributed by atoms with Gasteiger partial charge in [0.1, 0.15) is 0 Å². The Labute approximate surface area is 172 Å². The summed E-state index contributed by atoms with van der Waals surface area (Å²) in [5.74, 6) is -0.348. The summed E-state index contributed by atoms with van der Waals surface area (Å²) in [7, 11) is -3.75. The molecule has 2 aromatic rings. The standard InChI is InChI=1S/C21H28N2O3S2/c1-13(2)21(24)22-19-12-17(9-10-20(19)27-6)28(25,26)23-16(5)18-11-14(3)7-8-15(18)4/h7-13,16,23H,1-6H3,(H,22,24)/t16-/m0/s1. The van der Waals surface area contributed by atoms with Crippen LogP contribution < -0.4 is 10.0 Å². The molecule has 2 aromatic carbocycles. The Morgan fingerprint density at radius 3 is 2.32 bits per heavy atom. The van der Waals surface area contributed by atoms with Crippen LogP contribution in [0.5, 0.6) is 0 Å². The molecule has 5 nitrogen and oxygen atoms in total. The molecule has 28 heavy (non-hydrogen) atoms. The molecule has 0 aromatic heterocycles. The van der Waals surface area contributed by atoms with Crippen molar-refractivity contribution < 1.29 is 13.2 Å². The van der Waals surface area contributed by atoms with Gasteiger partial charge >= 0.3 is 0 Å². The van der Waals surface area contributed by atoms with E-state index in [9.17, 15) is 13.2 Å². The summed E-state index contributed by atoms with van der Waals surface area (Å²) in [5.41, 5.74) is 3.56. The number of benzene rings is 2. The molecule has 0 bridgehead atoms. The Kier molecular flexibility index (Phi) is 7.31. The summed E-state index contributed by atoms with van der Waals surface area (Å²) in [6, 6.07) is 10.4. The average molecular weight is 421 g/mol. The van der Waals surface area contributed by atoms with Crippen molar-refractivity contribution in [2.75, 3.05) is 11.6 Å². The molecule has 2 rings (SSSR count). The minimum absolute atomic E-state index is 0.126. The normalized spacial score (nSPS) is 12.8. The SMILES string of the molecule is CSc1ccc(S(=O)(=O)N[C@@H](C)c2cc(C)ccc2C)cc1NC(=O)C(C)C. The zero-order valence-corrected chi connectivity index (χ0v) is 18.8. The number of amides is 1. The number of thioether (sulfide) groups is 1. The zero-order chi connectivity index (χ0) is 21.1. The van der Waals surface area contributed by atoms with E-state index in [1.807, 2.05) is 45.2 Å². The van der Waals surface area contributed by atoms with E-state index < -0.39 is 10.0 Å². The van der Waals surface area contributed by atoms with Crippen LogP contribution in [0.2, 0.25) is 0 Å². The molecule has 0 aliphatic heterocycles. The van der Waals surface area contributed by atoms with Gasteiger partial charge in [-0.3, -0.25) is 4.79 Å². The van der Waals surface area contributed by atoms with Crippen molar-refractivity contribution in [2.45, 2.75) is 50.5 Å². The van der Waals surface area contributed by atoms with E-state index in [1.165, 1.54) is 17.8 Å². The van der Waals surface area contributed by atoms with Crippen molar-refractivity contribution in [1.29, 1.82) is 0 Å². The van der Waals surface area contributed by atoms with E-state index in [1.54, 1.807) is 26.0 Å². The van der Waals surface area contributed by atoms with Crippen molar-refractivity contribution in [2.24, 2.45) is 5.92 Å². The van der Waals surface area contributed by atoms with E-state index in [-0.39, 0.29) is 22.8 Å². The van der Waals surface area contributed by atoms with Crippen molar-refractivity contribution >= 4 is 33.4 Å². The van der Waals surface area contributed by atoms with Gasteiger partial charge in [0.05, 0.1) is 10.6 Å². The number of sulfonamides is 1. The van der Waals surface area contributed by atoms with Gasteiger partial charge in [-0.15, -0.1) is 11.8 Å². The summed E-state index contributed by atoms with van der Waals surface area (Å²) in [4.78, 5) is 13.0. The predicted octanol–water partition coefficient (Wildman–Crippen LogP) is 4.66. The molecule has 1 atom stereocenters. The minimum atomic E-state index is -3.75. The summed E-state index contributed by atoms with van der Waals surface area (Å²) >= 11 is 1.45. The van der Waals surface area contributed by atoms with Crippen molar-refractivity contribution in [3.63, 3.8) is 0 Å². The molecule has 0 saturated heterocycles. The number of hydrogen-bond donors (Lipinski definition) is 2. The number of hydrogen-bond acceptors (Lipinski definition) is 4. The Morgan fingerprint density at radius 2 is 1.71 bits per heavy atom. The highest BCUT2D eigenvalue weighted by atomic mass is 32.2. The average Bonchev–Trinajstić information content (AvgIpc) is 2.63. The van der Waals surface area contributed by atoms with Crippen LogP contribution in [0.3, 0.4) is 0 Å². The minimum Gasteiger partial charge on any atom is -0.325 e. The lowest BCUT2D eigenvalue weighted by Crippen LogP contribution is -2.27. The molecular weight excluding hydrogens is 392 g/mol. The fourth-order valence-corrected chi connectivity index (χ4v) is 4.60. The number of carbonyl (C=O) groups is 1. The molecule has 0 aliphatic carbocycles. The first-order valence-electron chi connectivity index (χ1n) is 9.13. The monoisotopic (exact) mass is 420 g/mol. The van der Waals surface area contributed by atoms with Gasteiger partial charge in [-0.25, -0.2) is 13.1 Å². The van der Waals surface area contributed by atoms with Gasteiger partial charge in [-0.1, -0.05) is 37.6 Å². The third-order valence-electron chi connectivity index (χ3n) is 4.50. The van der Waals surface area contributed by atoms with Crippen LogP contribution in [0.1, 0.15) is 43.5 Å². The maximum Gasteiger partial charge on any atom is 0.241 e. The Morgan fingerprint density at radius 1 is 1.04 bits per heavy atom. The summed E-state index contributed by atoms with van der Waals surface area (Å²) in [6.45, 7) is 9.36. The van der Waals surface area contributed by atoms with Gasteiger partial charge in [0.15, 0.2) is 0 Å². The van der Waals surface area contributed by atoms with Crippen LogP contribution in [0, 0.1) is 19.8 Å². The lowest BCUT2D eigenvalue weighted by molar-refractivity contribution is -0.118. The fraction of sp³-hybridized carbons (Fsp3) is 0.381. The Balaban J connectivity index is 2.34. The Hall–Kier alpha value is -1.83. The molecule has 2 N–H and O–H groups in total. The van der Waals surface area contributed by atoms with E-state index in [4.69, 9.17) is 0 Å². The number of anilines is 1. The number of aryl methyl sites for hydroxylation is 2. The summed E-state index contributed by atoms with van der Waals surface area (Å²) < 4.78 is 28.7. The second-order valence-corrected chi connectivity index (χ2v) is 9.77. The van der Waals surface area contributed by atoms with Gasteiger partial charge in [0, 0.05) is 16.9 Å². The quantitative estimate of drug-likeness (QED) is 0.639. The number of rotatable bonds is 7. The van der Waals surface area contributed by atoms with E-state index >= 15 is 0 Å². The molecule has 0 spiro atoms. The van der Waals surface area contributed by atoms with Crippen LogP contribution in [0.15, 0.2) is 46.2 Å². The van der Waals surface area contributed by atoms with E-state index in [2.05, 4.69) is 10.0 Å². The molecule has 0 fully saturated rings. The van der Waals surface area contributed by atoms with Gasteiger partial charge in [0.25, 0.3) is 0 Å². The second-order valence-electron chi connectivity index (χ2n) is 7.21. The molecule has 0 aliphatic rings. The maximum atomic E-state index is 13.0. The van der Waals surface area contributed by atoms with Crippen LogP contribution in [0.25, 0.3) is 0 Å². The van der Waals surface area contributed by atoms with Crippen LogP contribution in [0.4, 0.5) is 5.69 Å². The molecule has 0 unspecified atom stereocenters. The van der Waals surface area contributed by atoms with Gasteiger partial charge < -0.3 is 5.32 Å². The molecular formula is C21H28N2O3S2. The smallest absolute Gasteiger partial charge is 0.241 e. The first-order valence-corrected chi connectivity index (χ1v) is 11.8. The van der Waals surface area contributed by atoms with Crippen LogP contribution in [-0.2, 0) is 14.8 Å². The van der Waals surface area contributed by atoms with E-state index in [0.29, 0.717) is 5.69 Å². The van der Waals surface area contributed by atoms with Gasteiger partial charge in [0.2, 0.25) is 15.9 Å². The number of nitrogens with one attached hydrogen (secondary N) is 2. The molecule has 0 radical (unpaired) electrons. The highest BCUT2D eigenvalue weighted by molar-refractivity contribution is 7.98. The van der Waals surface area contributed by atoms with Gasteiger partial charge in [-0.05, 0) is 56.4 Å². The first kappa shape index (κ1) is 22.5. The second kappa shape index (κ2) is 9.11. The molecule has 0 saturated carbocycles. The highest BCUT2D eigenvalue weighted by Gasteiger charge is 2.21. The summed E-state index contributed by atoms with van der Waals surface area (Å²) in [5, 5.41) is 2.82. The lowest BCUT2D eigenvalue weighted by Gasteiger charge is -2.18. The van der Waals surface area contributed by atoms with Crippen molar-refractivity contribution in [1.82, 2.24) is 4.72 Å². The largest absolute Gasteiger partial charge is 0.325 e. The zero-order valence-electron chi connectivity index (χ0n) is 17.2. The van der Waals surface area contributed by atoms with Crippen LogP contribution >= 0.6 is 11.8 Å². The molecule has 7 heteroatoms. The van der Waals surface area contributed by atoms with Crippen molar-refractivity contribution in [3.8, 4) is 0 Å². The van der Waals surface area contributed by atoms with E-state index in [0.717, 1.165) is 21.6 Å². The predicted molar refractivity (Wildman–Crippen MR) is 116 cm³/mol. The van der Waals surface area contributed by atoms with Crippen LogP contribution in [-0.4, -0.2) is 20.6 Å². The molecule has 0 heterocycles. The molecule has 1 amide bonds. The third kappa shape index (κ3) is 5.37. The highest BCUT2D eigenvalue weighted by Crippen LogP contribution is 2.29. The Bertz CT molecular complexity index is 970. The fourth-order valence-electron chi connectivity index (χ4n) is 2.82.